The monoisotopic (exact) mass is 506 g/mol. The van der Waals surface area contributed by atoms with Crippen LogP contribution in [-0.2, 0) is 9.59 Å². The Labute approximate surface area is 213 Å². The first kappa shape index (κ1) is 24.6. The molecule has 12 heteroatoms. The van der Waals surface area contributed by atoms with Gasteiger partial charge in [0.2, 0.25) is 11.8 Å². The highest BCUT2D eigenvalue weighted by Crippen LogP contribution is 2.44. The lowest BCUT2D eigenvalue weighted by molar-refractivity contribution is -0.138. The molecule has 0 aliphatic carbocycles. The second-order valence-corrected chi connectivity index (χ2v) is 9.58. The number of anilines is 2. The molecule has 2 aliphatic rings. The minimum atomic E-state index is -0.500. The molecule has 0 unspecified atom stereocenters. The standard InChI is InChI=1S/C25H30N8O4/c1-3-20(36)31-30-19-7-4-14(10-27-19)18-11-28-33-24(26)22(13(2)35)23(29-25(18)33)15-8-16-5-6-17(9-15)32(16)21(37)12-34/h4,7,10-11,15-17,34H,3,5-6,8-9,12,26H2,1-2H3,(H,27,30)(H,31,36)/t15-,16+,17-. The number of ketones is 1. The van der Waals surface area contributed by atoms with Crippen LogP contribution in [0.25, 0.3) is 16.8 Å². The first-order valence-corrected chi connectivity index (χ1v) is 12.4. The second kappa shape index (κ2) is 9.77. The molecule has 3 aromatic heterocycles. The predicted molar refractivity (Wildman–Crippen MR) is 135 cm³/mol. The van der Waals surface area contributed by atoms with Crippen LogP contribution in [0.2, 0.25) is 0 Å². The van der Waals surface area contributed by atoms with Gasteiger partial charge in [-0.3, -0.25) is 25.2 Å². The van der Waals surface area contributed by atoms with Crippen molar-refractivity contribution in [3.05, 3.63) is 35.8 Å². The molecule has 12 nitrogen and oxygen atoms in total. The lowest BCUT2D eigenvalue weighted by Crippen LogP contribution is -2.47. The molecule has 0 radical (unpaired) electrons. The third-order valence-electron chi connectivity index (χ3n) is 7.33. The summed E-state index contributed by atoms with van der Waals surface area (Å²) >= 11 is 0. The van der Waals surface area contributed by atoms with E-state index in [-0.39, 0.29) is 41.4 Å². The highest BCUT2D eigenvalue weighted by atomic mass is 16.3. The van der Waals surface area contributed by atoms with Crippen molar-refractivity contribution in [1.82, 2.24) is 29.9 Å². The van der Waals surface area contributed by atoms with Crippen LogP contribution in [0.3, 0.4) is 0 Å². The van der Waals surface area contributed by atoms with Crippen molar-refractivity contribution in [3.63, 3.8) is 0 Å². The Balaban J connectivity index is 1.51. The van der Waals surface area contributed by atoms with Crippen molar-refractivity contribution >= 4 is 34.9 Å². The summed E-state index contributed by atoms with van der Waals surface area (Å²) in [7, 11) is 0. The number of hydrogen-bond acceptors (Lipinski definition) is 9. The smallest absolute Gasteiger partial charge is 0.248 e. The molecule has 3 aromatic rings. The van der Waals surface area contributed by atoms with E-state index in [9.17, 15) is 19.5 Å². The van der Waals surface area contributed by atoms with Crippen LogP contribution < -0.4 is 16.6 Å². The van der Waals surface area contributed by atoms with Gasteiger partial charge in [-0.25, -0.2) is 9.97 Å². The van der Waals surface area contributed by atoms with Crippen molar-refractivity contribution in [1.29, 1.82) is 0 Å². The zero-order valence-electron chi connectivity index (χ0n) is 20.8. The molecule has 5 rings (SSSR count). The zero-order valence-corrected chi connectivity index (χ0v) is 20.8. The summed E-state index contributed by atoms with van der Waals surface area (Å²) < 4.78 is 1.47. The number of carbonyl (C=O) groups is 3. The fourth-order valence-electron chi connectivity index (χ4n) is 5.63. The number of fused-ring (bicyclic) bond motifs is 3. The second-order valence-electron chi connectivity index (χ2n) is 9.58. The van der Waals surface area contributed by atoms with E-state index in [0.29, 0.717) is 47.5 Å². The molecule has 0 aromatic carbocycles. The van der Waals surface area contributed by atoms with Gasteiger partial charge >= 0.3 is 0 Å². The van der Waals surface area contributed by atoms with Gasteiger partial charge in [0.15, 0.2) is 11.4 Å². The van der Waals surface area contributed by atoms with E-state index in [1.807, 2.05) is 6.07 Å². The van der Waals surface area contributed by atoms with Crippen LogP contribution in [-0.4, -0.2) is 65.9 Å². The quantitative estimate of drug-likeness (QED) is 0.275. The Morgan fingerprint density at radius 1 is 1.16 bits per heavy atom. The number of nitrogens with two attached hydrogens (primary N) is 1. The van der Waals surface area contributed by atoms with E-state index in [4.69, 9.17) is 10.7 Å². The number of Topliss-reactive ketones (excluding diaryl/α,β-unsaturated/α-hetero) is 1. The molecule has 5 N–H and O–H groups in total. The summed E-state index contributed by atoms with van der Waals surface area (Å²) in [6.07, 6.45) is 6.67. The van der Waals surface area contributed by atoms with Crippen molar-refractivity contribution in [2.45, 2.75) is 64.0 Å². The number of hydrazine groups is 1. The van der Waals surface area contributed by atoms with Gasteiger partial charge in [-0.1, -0.05) is 6.92 Å². The normalized spacial score (nSPS) is 20.7. The third kappa shape index (κ3) is 4.37. The van der Waals surface area contributed by atoms with E-state index in [0.717, 1.165) is 18.4 Å². The van der Waals surface area contributed by atoms with Gasteiger partial charge < -0.3 is 15.7 Å². The molecule has 2 bridgehead atoms. The molecule has 5 heterocycles. The minimum Gasteiger partial charge on any atom is -0.387 e. The number of aromatic nitrogens is 4. The van der Waals surface area contributed by atoms with E-state index in [1.165, 1.54) is 11.4 Å². The number of amides is 2. The molecule has 3 atom stereocenters. The van der Waals surface area contributed by atoms with Gasteiger partial charge in [0.1, 0.15) is 18.2 Å². The summed E-state index contributed by atoms with van der Waals surface area (Å²) in [5, 5.41) is 13.8. The highest BCUT2D eigenvalue weighted by molar-refractivity contribution is 6.00. The summed E-state index contributed by atoms with van der Waals surface area (Å²) in [4.78, 5) is 47.6. The van der Waals surface area contributed by atoms with Crippen molar-refractivity contribution in [2.24, 2.45) is 0 Å². The molecule has 0 saturated carbocycles. The molecule has 0 spiro atoms. The number of pyridine rings is 1. The lowest BCUT2D eigenvalue weighted by Gasteiger charge is -2.39. The van der Waals surface area contributed by atoms with Gasteiger partial charge in [-0.15, -0.1) is 0 Å². The van der Waals surface area contributed by atoms with Crippen molar-refractivity contribution < 1.29 is 19.5 Å². The summed E-state index contributed by atoms with van der Waals surface area (Å²) in [6.45, 7) is 2.73. The van der Waals surface area contributed by atoms with E-state index in [1.54, 1.807) is 30.3 Å². The first-order valence-electron chi connectivity index (χ1n) is 12.4. The fourth-order valence-corrected chi connectivity index (χ4v) is 5.63. The van der Waals surface area contributed by atoms with Gasteiger partial charge in [0, 0.05) is 41.7 Å². The van der Waals surface area contributed by atoms with E-state index < -0.39 is 6.61 Å². The Bertz CT molecular complexity index is 1360. The Hall–Kier alpha value is -4.06. The number of nitrogen functional groups attached to an aromatic ring is 1. The fraction of sp³-hybridized carbons (Fsp3) is 0.440. The summed E-state index contributed by atoms with van der Waals surface area (Å²) in [5.74, 6) is 0.0649. The van der Waals surface area contributed by atoms with Crippen molar-refractivity contribution in [3.8, 4) is 11.1 Å². The van der Waals surface area contributed by atoms with Gasteiger partial charge in [-0.05, 0) is 44.7 Å². The third-order valence-corrected chi connectivity index (χ3v) is 7.33. The SMILES string of the molecule is CCC(=O)NNc1ccc(-c2cnn3c(N)c(C(C)=O)c([C@H]4C[C@H]5CC[C@@H](C4)N5C(=O)CO)nc23)cn1. The Morgan fingerprint density at radius 2 is 1.89 bits per heavy atom. The van der Waals surface area contributed by atoms with E-state index >= 15 is 0 Å². The highest BCUT2D eigenvalue weighted by Gasteiger charge is 2.44. The summed E-state index contributed by atoms with van der Waals surface area (Å²) in [5.41, 5.74) is 14.8. The molecule has 2 saturated heterocycles. The maximum Gasteiger partial charge on any atom is 0.248 e. The van der Waals surface area contributed by atoms with Gasteiger partial charge in [-0.2, -0.15) is 9.61 Å². The lowest BCUT2D eigenvalue weighted by atomic mass is 9.85. The van der Waals surface area contributed by atoms with E-state index in [2.05, 4.69) is 20.9 Å². The first-order chi connectivity index (χ1) is 17.8. The van der Waals surface area contributed by atoms with Crippen LogP contribution in [0.5, 0.6) is 0 Å². The number of nitrogens with one attached hydrogen (secondary N) is 2. The zero-order chi connectivity index (χ0) is 26.3. The van der Waals surface area contributed by atoms with Crippen molar-refractivity contribution in [2.75, 3.05) is 17.8 Å². The predicted octanol–water partition coefficient (Wildman–Crippen LogP) is 1.66. The Morgan fingerprint density at radius 3 is 2.49 bits per heavy atom. The average molecular weight is 507 g/mol. The number of rotatable bonds is 7. The van der Waals surface area contributed by atoms with Crippen LogP contribution in [0.4, 0.5) is 11.6 Å². The molecule has 2 aliphatic heterocycles. The Kier molecular flexibility index (Phi) is 6.50. The van der Waals surface area contributed by atoms with Gasteiger partial charge in [0.25, 0.3) is 0 Å². The molecular formula is C25H30N8O4. The minimum absolute atomic E-state index is 0.00397. The number of aliphatic hydroxyl groups is 1. The maximum absolute atomic E-state index is 12.7. The van der Waals surface area contributed by atoms with Crippen LogP contribution in [0.15, 0.2) is 24.5 Å². The molecule has 2 fully saturated rings. The molecule has 194 valence electrons. The number of carbonyl (C=O) groups excluding carboxylic acids is 3. The molecule has 37 heavy (non-hydrogen) atoms. The topological polar surface area (TPSA) is 168 Å². The van der Waals surface area contributed by atoms with Crippen LogP contribution >= 0.6 is 0 Å². The van der Waals surface area contributed by atoms with Gasteiger partial charge in [0.05, 0.1) is 17.5 Å². The summed E-state index contributed by atoms with van der Waals surface area (Å²) in [6, 6.07) is 3.57. The number of nitrogens with zero attached hydrogens (tertiary/aromatic N) is 5. The average Bonchev–Trinajstić information content (AvgIpc) is 3.44. The van der Waals surface area contributed by atoms with Crippen LogP contribution in [0, 0.1) is 0 Å². The molecule has 2 amide bonds. The number of hydrogen-bond donors (Lipinski definition) is 4. The maximum atomic E-state index is 12.7. The molecular weight excluding hydrogens is 476 g/mol. The van der Waals surface area contributed by atoms with Crippen LogP contribution in [0.1, 0.15) is 67.9 Å². The number of piperidine rings is 1. The number of aliphatic hydroxyl groups excluding tert-OH is 1. The largest absolute Gasteiger partial charge is 0.387 e.